The Hall–Kier alpha value is -4.84. The Morgan fingerprint density at radius 2 is 0.849 bits per heavy atom. The van der Waals surface area contributed by atoms with Crippen LogP contribution in [0.4, 0.5) is 0 Å². The first-order valence-corrected chi connectivity index (χ1v) is 19.5. The van der Waals surface area contributed by atoms with Crippen molar-refractivity contribution in [1.29, 1.82) is 0 Å². The lowest BCUT2D eigenvalue weighted by atomic mass is 9.65. The maximum Gasteiger partial charge on any atom is 0.0821 e. The third-order valence-electron chi connectivity index (χ3n) is 13.5. The minimum Gasteiger partial charge on any atom is -0.251 e. The summed E-state index contributed by atoms with van der Waals surface area (Å²) in [7, 11) is 0. The van der Waals surface area contributed by atoms with Gasteiger partial charge in [-0.1, -0.05) is 91.8 Å². The highest BCUT2D eigenvalue weighted by Gasteiger charge is 2.43. The Bertz CT molecular complexity index is 2680. The van der Waals surface area contributed by atoms with Gasteiger partial charge in [0.1, 0.15) is 0 Å². The number of pyridine rings is 4. The van der Waals surface area contributed by atoms with E-state index in [-0.39, 0.29) is 21.7 Å². The number of rotatable bonds is 2. The van der Waals surface area contributed by atoms with Crippen LogP contribution in [0, 0.1) is 0 Å². The van der Waals surface area contributed by atoms with E-state index in [0.29, 0.717) is 0 Å². The molecule has 6 heterocycles. The van der Waals surface area contributed by atoms with Gasteiger partial charge < -0.3 is 0 Å². The highest BCUT2D eigenvalue weighted by atomic mass is 15.2. The number of benzene rings is 2. The van der Waals surface area contributed by atoms with Crippen molar-refractivity contribution >= 4 is 54.6 Å². The lowest BCUT2D eigenvalue weighted by Gasteiger charge is -2.38. The predicted molar refractivity (Wildman–Crippen MR) is 219 cm³/mol. The monoisotopic (exact) mass is 698 g/mol. The van der Waals surface area contributed by atoms with Gasteiger partial charge in [0.25, 0.3) is 0 Å². The average Bonchev–Trinajstić information content (AvgIpc) is 3.77. The minimum absolute atomic E-state index is 0.0132. The highest BCUT2D eigenvalue weighted by molar-refractivity contribution is 6.12. The quantitative estimate of drug-likeness (QED) is 0.169. The van der Waals surface area contributed by atoms with Gasteiger partial charge in [0.15, 0.2) is 0 Å². The molecule has 2 aliphatic rings. The van der Waals surface area contributed by atoms with Gasteiger partial charge in [-0.2, -0.15) is 10.2 Å². The van der Waals surface area contributed by atoms with Crippen molar-refractivity contribution in [2.24, 2.45) is 0 Å². The molecule has 0 bridgehead atoms. The molecular formula is C47H50N6. The number of hydrogen-bond donors (Lipinski definition) is 0. The molecule has 0 amide bonds. The Labute approximate surface area is 311 Å². The lowest BCUT2D eigenvalue weighted by Crippen LogP contribution is -2.33. The van der Waals surface area contributed by atoms with Crippen molar-refractivity contribution < 1.29 is 0 Å². The molecule has 0 N–H and O–H groups in total. The van der Waals surface area contributed by atoms with Gasteiger partial charge >= 0.3 is 0 Å². The molecule has 0 unspecified atom stereocenters. The summed E-state index contributed by atoms with van der Waals surface area (Å²) in [5.74, 6) is 0. The third-order valence-corrected chi connectivity index (χ3v) is 13.5. The molecule has 10 rings (SSSR count). The van der Waals surface area contributed by atoms with E-state index in [0.717, 1.165) is 69.9 Å². The maximum absolute atomic E-state index is 5.60. The average molecular weight is 699 g/mol. The van der Waals surface area contributed by atoms with E-state index in [4.69, 9.17) is 20.2 Å². The van der Waals surface area contributed by atoms with Crippen LogP contribution in [0.3, 0.4) is 0 Å². The van der Waals surface area contributed by atoms with E-state index in [9.17, 15) is 0 Å². The normalized spacial score (nSPS) is 19.1. The van der Waals surface area contributed by atoms with Crippen LogP contribution in [0.2, 0.25) is 0 Å². The second-order valence-electron chi connectivity index (χ2n) is 19.3. The fourth-order valence-electron chi connectivity index (χ4n) is 9.90. The van der Waals surface area contributed by atoms with Crippen molar-refractivity contribution in [1.82, 2.24) is 29.2 Å². The SMILES string of the molecule is CC1(C)CCC(C)(C)c2c1nn1c3ccccc3c3nc(C(C)(C)c4ccc5c(n4)c4ccccc4n4nc6c(c54)C(C)(C)CCC6(C)C)ccc3c21. The molecule has 0 atom stereocenters. The van der Waals surface area contributed by atoms with Gasteiger partial charge in [0.2, 0.25) is 0 Å². The summed E-state index contributed by atoms with van der Waals surface area (Å²) in [6.07, 6.45) is 4.52. The fraction of sp³-hybridized carbons (Fsp3) is 0.404. The van der Waals surface area contributed by atoms with Crippen molar-refractivity contribution in [3.8, 4) is 0 Å². The maximum atomic E-state index is 5.60. The highest BCUT2D eigenvalue weighted by Crippen LogP contribution is 2.51. The molecule has 0 saturated carbocycles. The molecule has 6 aromatic heterocycles. The van der Waals surface area contributed by atoms with E-state index in [2.05, 4.69) is 151 Å². The number of hydrogen-bond acceptors (Lipinski definition) is 4. The Morgan fingerprint density at radius 1 is 0.472 bits per heavy atom. The van der Waals surface area contributed by atoms with Gasteiger partial charge in [-0.15, -0.1) is 0 Å². The molecule has 0 fully saturated rings. The molecule has 0 radical (unpaired) electrons. The molecule has 6 heteroatoms. The van der Waals surface area contributed by atoms with Crippen molar-refractivity contribution in [3.63, 3.8) is 0 Å². The van der Waals surface area contributed by atoms with Crippen LogP contribution in [0.1, 0.15) is 129 Å². The zero-order valence-corrected chi connectivity index (χ0v) is 32.9. The fourth-order valence-corrected chi connectivity index (χ4v) is 9.90. The number of para-hydroxylation sites is 2. The number of fused-ring (bicyclic) bond motifs is 16. The summed E-state index contributed by atoms with van der Waals surface area (Å²) < 4.78 is 4.44. The molecule has 8 aromatic rings. The summed E-state index contributed by atoms with van der Waals surface area (Å²) in [4.78, 5) is 11.2. The molecule has 53 heavy (non-hydrogen) atoms. The minimum atomic E-state index is -0.468. The van der Waals surface area contributed by atoms with Crippen LogP contribution in [0.25, 0.3) is 54.6 Å². The van der Waals surface area contributed by atoms with E-state index in [1.165, 1.54) is 44.3 Å². The standard InChI is InChI=1S/C47H50N6/c1-43(2)23-25-45(5,6)41-35(43)39-29-19-21-33(48-37(29)27-15-11-13-17-31(27)52(39)50-41)47(9,10)34-22-20-30-38(49-34)28-16-12-14-18-32(28)53-40(30)36-42(51-53)46(7,8)26-24-44(36,3)4/h11-22H,23-26H2,1-10H3. The smallest absolute Gasteiger partial charge is 0.0821 e. The van der Waals surface area contributed by atoms with E-state index >= 15 is 0 Å². The summed E-state index contributed by atoms with van der Waals surface area (Å²) in [6, 6.07) is 26.4. The Kier molecular flexibility index (Phi) is 6.32. The van der Waals surface area contributed by atoms with Crippen molar-refractivity contribution in [2.45, 2.75) is 122 Å². The Morgan fingerprint density at radius 3 is 1.26 bits per heavy atom. The van der Waals surface area contributed by atoms with Crippen LogP contribution in [0.15, 0.2) is 72.8 Å². The molecular weight excluding hydrogens is 649 g/mol. The first-order valence-electron chi connectivity index (χ1n) is 19.5. The van der Waals surface area contributed by atoms with Gasteiger partial charge in [-0.25, -0.2) is 9.03 Å². The van der Waals surface area contributed by atoms with Gasteiger partial charge in [0, 0.05) is 48.9 Å². The summed E-state index contributed by atoms with van der Waals surface area (Å²) >= 11 is 0. The largest absolute Gasteiger partial charge is 0.251 e. The van der Waals surface area contributed by atoms with Crippen molar-refractivity contribution in [2.75, 3.05) is 0 Å². The molecule has 0 spiro atoms. The molecule has 0 saturated heterocycles. The lowest BCUT2D eigenvalue weighted by molar-refractivity contribution is 0.328. The molecule has 0 aliphatic heterocycles. The summed E-state index contributed by atoms with van der Waals surface area (Å²) in [5, 5.41) is 15.4. The third kappa shape index (κ3) is 4.32. The topological polar surface area (TPSA) is 60.4 Å². The van der Waals surface area contributed by atoms with Crippen LogP contribution in [-0.4, -0.2) is 29.2 Å². The summed E-state index contributed by atoms with van der Waals surface area (Å²) in [6.45, 7) is 23.5. The van der Waals surface area contributed by atoms with E-state index < -0.39 is 5.41 Å². The van der Waals surface area contributed by atoms with Crippen LogP contribution in [0.5, 0.6) is 0 Å². The second-order valence-corrected chi connectivity index (χ2v) is 19.3. The number of aromatic nitrogens is 6. The summed E-state index contributed by atoms with van der Waals surface area (Å²) in [5.41, 5.74) is 13.5. The van der Waals surface area contributed by atoms with Crippen molar-refractivity contribution in [3.05, 3.63) is 107 Å². The number of nitrogens with zero attached hydrogens (tertiary/aromatic N) is 6. The Balaban J connectivity index is 1.22. The molecule has 2 aliphatic carbocycles. The van der Waals surface area contributed by atoms with Crippen LogP contribution in [-0.2, 0) is 27.1 Å². The molecule has 2 aromatic carbocycles. The van der Waals surface area contributed by atoms with E-state index in [1.807, 2.05) is 0 Å². The first kappa shape index (κ1) is 32.8. The second kappa shape index (κ2) is 10.2. The molecule has 6 nitrogen and oxygen atoms in total. The molecule has 268 valence electrons. The van der Waals surface area contributed by atoms with Crippen LogP contribution < -0.4 is 0 Å². The van der Waals surface area contributed by atoms with Gasteiger partial charge in [-0.05, 0) is 86.8 Å². The van der Waals surface area contributed by atoms with Gasteiger partial charge in [-0.3, -0.25) is 9.97 Å². The zero-order chi connectivity index (χ0) is 37.0. The predicted octanol–water partition coefficient (Wildman–Crippen LogP) is 11.4. The van der Waals surface area contributed by atoms with Gasteiger partial charge in [0.05, 0.1) is 55.9 Å². The zero-order valence-electron chi connectivity index (χ0n) is 32.9. The van der Waals surface area contributed by atoms with E-state index in [1.54, 1.807) is 0 Å². The first-order chi connectivity index (χ1) is 25.0. The van der Waals surface area contributed by atoms with Crippen LogP contribution >= 0.6 is 0 Å².